The summed E-state index contributed by atoms with van der Waals surface area (Å²) in [6.45, 7) is 4.38. The number of halogens is 1. The zero-order valence-corrected chi connectivity index (χ0v) is 19.2. The number of nitrogens with zero attached hydrogens (tertiary/aromatic N) is 6. The topological polar surface area (TPSA) is 57.5 Å². The molecule has 9 heteroatoms. The van der Waals surface area contributed by atoms with Crippen LogP contribution in [0.2, 0.25) is 5.02 Å². The predicted molar refractivity (Wildman–Crippen MR) is 124 cm³/mol. The van der Waals surface area contributed by atoms with Gasteiger partial charge in [0.05, 0.1) is 18.1 Å². The Morgan fingerprint density at radius 3 is 2.61 bits per heavy atom. The van der Waals surface area contributed by atoms with E-state index >= 15 is 0 Å². The molecule has 2 aliphatic heterocycles. The second kappa shape index (κ2) is 8.26. The second-order valence-corrected chi connectivity index (χ2v) is 9.88. The van der Waals surface area contributed by atoms with E-state index in [2.05, 4.69) is 27.1 Å². The van der Waals surface area contributed by atoms with Gasteiger partial charge >= 0.3 is 6.03 Å². The van der Waals surface area contributed by atoms with Gasteiger partial charge in [-0.25, -0.2) is 9.78 Å². The van der Waals surface area contributed by atoms with E-state index in [4.69, 9.17) is 11.6 Å². The van der Waals surface area contributed by atoms with Crippen LogP contribution in [0.3, 0.4) is 0 Å². The molecule has 2 aliphatic rings. The number of thiazole rings is 1. The summed E-state index contributed by atoms with van der Waals surface area (Å²) >= 11 is 8.20. The molecule has 1 amide bonds. The Balaban J connectivity index is 1.19. The molecule has 31 heavy (non-hydrogen) atoms. The molecular weight excluding hydrogens is 432 g/mol. The molecule has 2 unspecified atom stereocenters. The van der Waals surface area contributed by atoms with Crippen LogP contribution in [0.15, 0.2) is 42.2 Å². The predicted octanol–water partition coefficient (Wildman–Crippen LogP) is 3.76. The van der Waals surface area contributed by atoms with E-state index in [0.717, 1.165) is 59.6 Å². The number of benzene rings is 1. The fraction of sp³-hybridized carbons (Fsp3) is 0.409. The Morgan fingerprint density at radius 1 is 1.23 bits per heavy atom. The highest BCUT2D eigenvalue weighted by Crippen LogP contribution is 2.34. The number of carbonyl (C=O) groups is 1. The highest BCUT2D eigenvalue weighted by Gasteiger charge is 2.42. The summed E-state index contributed by atoms with van der Waals surface area (Å²) in [6.07, 6.45) is 5.33. The third-order valence-electron chi connectivity index (χ3n) is 6.24. The van der Waals surface area contributed by atoms with Gasteiger partial charge in [-0.05, 0) is 23.5 Å². The molecule has 3 aromatic rings. The first-order valence-corrected chi connectivity index (χ1v) is 11.7. The van der Waals surface area contributed by atoms with Crippen molar-refractivity contribution >= 4 is 34.7 Å². The van der Waals surface area contributed by atoms with Gasteiger partial charge in [-0.2, -0.15) is 9.78 Å². The molecule has 2 saturated heterocycles. The van der Waals surface area contributed by atoms with Gasteiger partial charge in [0.1, 0.15) is 5.01 Å². The molecule has 0 saturated carbocycles. The standard InChI is InChI=1S/C22H25ClN6OS/c1-26(2)19-8-25-29(14-19)22(30)28-12-17-10-27(11-18(17)13-28)9-16-4-3-15(7-20(16)23)21-24-5-6-31-21/h3-8,14,17-18H,9-13H2,1-2H3. The largest absolute Gasteiger partial charge is 0.375 e. The number of likely N-dealkylation sites (tertiary alicyclic amines) is 2. The van der Waals surface area contributed by atoms with Crippen molar-refractivity contribution in [3.63, 3.8) is 0 Å². The lowest BCUT2D eigenvalue weighted by atomic mass is 10.0. The van der Waals surface area contributed by atoms with Crippen molar-refractivity contribution in [2.75, 3.05) is 45.2 Å². The molecule has 0 N–H and O–H groups in total. The minimum atomic E-state index is -0.0325. The van der Waals surface area contributed by atoms with Gasteiger partial charge in [-0.15, -0.1) is 11.3 Å². The van der Waals surface area contributed by atoms with Crippen molar-refractivity contribution in [3.8, 4) is 10.6 Å². The van der Waals surface area contributed by atoms with Crippen LogP contribution < -0.4 is 4.90 Å². The van der Waals surface area contributed by atoms with Crippen LogP contribution in [0.4, 0.5) is 10.5 Å². The third-order valence-corrected chi connectivity index (χ3v) is 7.41. The fourth-order valence-corrected chi connectivity index (χ4v) is 5.46. The van der Waals surface area contributed by atoms with E-state index < -0.39 is 0 Å². The van der Waals surface area contributed by atoms with Crippen LogP contribution >= 0.6 is 22.9 Å². The summed E-state index contributed by atoms with van der Waals surface area (Å²) in [4.78, 5) is 23.5. The molecule has 2 aromatic heterocycles. The number of amides is 1. The number of aromatic nitrogens is 3. The van der Waals surface area contributed by atoms with Crippen LogP contribution in [0.1, 0.15) is 5.56 Å². The first-order chi connectivity index (χ1) is 15.0. The van der Waals surface area contributed by atoms with Gasteiger partial charge in [0.15, 0.2) is 0 Å². The highest BCUT2D eigenvalue weighted by atomic mass is 35.5. The van der Waals surface area contributed by atoms with Crippen LogP contribution in [0, 0.1) is 11.8 Å². The van der Waals surface area contributed by atoms with Crippen LogP contribution in [0.25, 0.3) is 10.6 Å². The van der Waals surface area contributed by atoms with Crippen molar-refractivity contribution in [2.45, 2.75) is 6.54 Å². The Bertz CT molecular complexity index is 1070. The number of rotatable bonds is 4. The Morgan fingerprint density at radius 2 is 2.00 bits per heavy atom. The first kappa shape index (κ1) is 20.5. The lowest BCUT2D eigenvalue weighted by Gasteiger charge is -2.22. The fourth-order valence-electron chi connectivity index (χ4n) is 4.58. The van der Waals surface area contributed by atoms with Crippen molar-refractivity contribution in [1.82, 2.24) is 24.6 Å². The Labute approximate surface area is 190 Å². The number of fused-ring (bicyclic) bond motifs is 1. The molecule has 0 spiro atoms. The summed E-state index contributed by atoms with van der Waals surface area (Å²) in [6, 6.07) is 6.20. The first-order valence-electron chi connectivity index (χ1n) is 10.4. The number of carbonyl (C=O) groups excluding carboxylic acids is 1. The highest BCUT2D eigenvalue weighted by molar-refractivity contribution is 7.13. The quantitative estimate of drug-likeness (QED) is 0.598. The van der Waals surface area contributed by atoms with E-state index in [-0.39, 0.29) is 6.03 Å². The minimum absolute atomic E-state index is 0.0325. The van der Waals surface area contributed by atoms with E-state index in [1.807, 2.05) is 41.5 Å². The summed E-state index contributed by atoms with van der Waals surface area (Å²) in [5, 5.41) is 7.99. The lowest BCUT2D eigenvalue weighted by molar-refractivity contribution is 0.197. The van der Waals surface area contributed by atoms with E-state index in [1.165, 1.54) is 4.68 Å². The summed E-state index contributed by atoms with van der Waals surface area (Å²) in [5.74, 6) is 1.00. The minimum Gasteiger partial charge on any atom is -0.375 e. The maximum atomic E-state index is 12.8. The molecular formula is C22H25ClN6OS. The molecule has 2 fully saturated rings. The average Bonchev–Trinajstić information content (AvgIpc) is 3.52. The SMILES string of the molecule is CN(C)c1cnn(C(=O)N2CC3CN(Cc4ccc(-c5nccs5)cc4Cl)CC3C2)c1. The van der Waals surface area contributed by atoms with Crippen molar-refractivity contribution in [1.29, 1.82) is 0 Å². The third kappa shape index (κ3) is 4.07. The molecule has 2 atom stereocenters. The summed E-state index contributed by atoms with van der Waals surface area (Å²) < 4.78 is 1.46. The molecule has 1 aromatic carbocycles. The van der Waals surface area contributed by atoms with E-state index in [9.17, 15) is 4.79 Å². The molecule has 0 aliphatic carbocycles. The van der Waals surface area contributed by atoms with Crippen LogP contribution in [0.5, 0.6) is 0 Å². The molecule has 0 bridgehead atoms. The zero-order chi connectivity index (χ0) is 21.5. The summed E-state index contributed by atoms with van der Waals surface area (Å²) in [7, 11) is 3.89. The van der Waals surface area contributed by atoms with E-state index in [0.29, 0.717) is 11.8 Å². The molecule has 4 heterocycles. The van der Waals surface area contributed by atoms with Crippen molar-refractivity contribution in [3.05, 3.63) is 52.8 Å². The van der Waals surface area contributed by atoms with Crippen LogP contribution in [-0.4, -0.2) is 70.9 Å². The molecule has 7 nitrogen and oxygen atoms in total. The maximum Gasteiger partial charge on any atom is 0.344 e. The number of anilines is 1. The second-order valence-electron chi connectivity index (χ2n) is 8.58. The van der Waals surface area contributed by atoms with Gasteiger partial charge in [0.2, 0.25) is 0 Å². The lowest BCUT2D eigenvalue weighted by Crippen LogP contribution is -2.36. The zero-order valence-electron chi connectivity index (χ0n) is 17.6. The van der Waals surface area contributed by atoms with Gasteiger partial charge in [0.25, 0.3) is 0 Å². The van der Waals surface area contributed by atoms with E-state index in [1.54, 1.807) is 23.7 Å². The van der Waals surface area contributed by atoms with Gasteiger partial charge in [0, 0.05) is 69.0 Å². The van der Waals surface area contributed by atoms with Gasteiger partial charge in [-0.3, -0.25) is 4.90 Å². The van der Waals surface area contributed by atoms with Crippen LogP contribution in [-0.2, 0) is 6.54 Å². The number of hydrogen-bond donors (Lipinski definition) is 0. The maximum absolute atomic E-state index is 12.8. The monoisotopic (exact) mass is 456 g/mol. The smallest absolute Gasteiger partial charge is 0.344 e. The molecule has 5 rings (SSSR count). The molecule has 0 radical (unpaired) electrons. The van der Waals surface area contributed by atoms with Crippen molar-refractivity contribution < 1.29 is 4.79 Å². The number of hydrogen-bond acceptors (Lipinski definition) is 6. The normalized spacial score (nSPS) is 20.9. The average molecular weight is 457 g/mol. The van der Waals surface area contributed by atoms with Gasteiger partial charge < -0.3 is 9.80 Å². The van der Waals surface area contributed by atoms with Gasteiger partial charge in [-0.1, -0.05) is 23.7 Å². The summed E-state index contributed by atoms with van der Waals surface area (Å²) in [5.41, 5.74) is 3.13. The van der Waals surface area contributed by atoms with Crippen molar-refractivity contribution in [2.24, 2.45) is 11.8 Å². The Hall–Kier alpha value is -2.42. The Kier molecular flexibility index (Phi) is 5.45. The molecule has 162 valence electrons.